The van der Waals surface area contributed by atoms with Crippen molar-refractivity contribution in [2.75, 3.05) is 26.9 Å². The Balaban J connectivity index is 2.25. The summed E-state index contributed by atoms with van der Waals surface area (Å²) in [5, 5.41) is 0.606. The van der Waals surface area contributed by atoms with E-state index in [0.717, 1.165) is 29.7 Å². The topological polar surface area (TPSA) is 55.6 Å². The summed E-state index contributed by atoms with van der Waals surface area (Å²) < 4.78 is 5.33. The molecule has 0 atom stereocenters. The van der Waals surface area contributed by atoms with Crippen LogP contribution in [-0.2, 0) is 12.8 Å². The zero-order valence-electron chi connectivity index (χ0n) is 12.4. The molecule has 0 saturated heterocycles. The number of anilines is 1. The van der Waals surface area contributed by atoms with Gasteiger partial charge >= 0.3 is 0 Å². The lowest BCUT2D eigenvalue weighted by Crippen LogP contribution is -2.23. The Morgan fingerprint density at radius 3 is 2.76 bits per heavy atom. The van der Waals surface area contributed by atoms with E-state index in [2.05, 4.69) is 6.07 Å². The molecule has 0 saturated carbocycles. The first-order chi connectivity index (χ1) is 10.0. The molecule has 5 heteroatoms. The average Bonchev–Trinajstić information content (AvgIpc) is 2.82. The van der Waals surface area contributed by atoms with Crippen LogP contribution in [0.5, 0.6) is 5.75 Å². The van der Waals surface area contributed by atoms with Gasteiger partial charge in [0.1, 0.15) is 5.75 Å². The van der Waals surface area contributed by atoms with E-state index in [1.807, 2.05) is 12.1 Å². The van der Waals surface area contributed by atoms with Crippen molar-refractivity contribution < 1.29 is 9.53 Å². The minimum Gasteiger partial charge on any atom is -0.497 e. The van der Waals surface area contributed by atoms with Gasteiger partial charge in [-0.25, -0.2) is 0 Å². The highest BCUT2D eigenvalue weighted by molar-refractivity contribution is 7.17. The monoisotopic (exact) mass is 302 g/mol. The van der Waals surface area contributed by atoms with E-state index < -0.39 is 0 Å². The molecule has 21 heavy (non-hydrogen) atoms. The van der Waals surface area contributed by atoms with Crippen molar-refractivity contribution in [3.63, 3.8) is 0 Å². The molecule has 2 N–H and O–H groups in total. The van der Waals surface area contributed by atoms with Gasteiger partial charge in [-0.1, -0.05) is 6.07 Å². The molecule has 0 bridgehead atoms. The zero-order chi connectivity index (χ0) is 15.1. The highest BCUT2D eigenvalue weighted by Crippen LogP contribution is 2.45. The van der Waals surface area contributed by atoms with Crippen LogP contribution in [0.25, 0.3) is 11.1 Å². The average molecular weight is 302 g/mol. The number of thiophene rings is 1. The minimum atomic E-state index is -0.0410. The van der Waals surface area contributed by atoms with Crippen LogP contribution in [-0.4, -0.2) is 32.0 Å². The maximum Gasteiger partial charge on any atom is 0.256 e. The Morgan fingerprint density at radius 2 is 2.10 bits per heavy atom. The van der Waals surface area contributed by atoms with Crippen LogP contribution in [0.2, 0.25) is 0 Å². The van der Waals surface area contributed by atoms with E-state index in [9.17, 15) is 4.79 Å². The standard InChI is InChI=1S/C16H18N2O2S/c1-18(2)16(19)14-13-11-8-10(20-3)6-4-9(11)5-7-12(13)21-15(14)17/h4,6,8H,5,7,17H2,1-3H3. The van der Waals surface area contributed by atoms with Crippen molar-refractivity contribution in [2.45, 2.75) is 12.8 Å². The van der Waals surface area contributed by atoms with Gasteiger partial charge in [0.15, 0.2) is 0 Å². The predicted molar refractivity (Wildman–Crippen MR) is 86.1 cm³/mol. The largest absolute Gasteiger partial charge is 0.497 e. The molecule has 0 spiro atoms. The number of nitrogens with two attached hydrogens (primary N) is 1. The van der Waals surface area contributed by atoms with Crippen LogP contribution in [0.3, 0.4) is 0 Å². The van der Waals surface area contributed by atoms with Gasteiger partial charge in [0, 0.05) is 24.5 Å². The second-order valence-corrected chi connectivity index (χ2v) is 6.50. The summed E-state index contributed by atoms with van der Waals surface area (Å²) in [6.07, 6.45) is 1.91. The number of benzene rings is 1. The number of nitrogens with zero attached hydrogens (tertiary/aromatic N) is 1. The summed E-state index contributed by atoms with van der Waals surface area (Å²) in [5.41, 5.74) is 10.1. The maximum absolute atomic E-state index is 12.5. The van der Waals surface area contributed by atoms with Crippen molar-refractivity contribution in [3.8, 4) is 16.9 Å². The number of amides is 1. The Morgan fingerprint density at radius 1 is 1.33 bits per heavy atom. The molecule has 0 unspecified atom stereocenters. The summed E-state index contributed by atoms with van der Waals surface area (Å²) in [7, 11) is 5.15. The number of hydrogen-bond acceptors (Lipinski definition) is 4. The van der Waals surface area contributed by atoms with Crippen LogP contribution < -0.4 is 10.5 Å². The van der Waals surface area contributed by atoms with E-state index in [1.54, 1.807) is 26.1 Å². The highest BCUT2D eigenvalue weighted by atomic mass is 32.1. The summed E-state index contributed by atoms with van der Waals surface area (Å²) in [6.45, 7) is 0. The molecular weight excluding hydrogens is 284 g/mol. The van der Waals surface area contributed by atoms with Gasteiger partial charge in [0.2, 0.25) is 0 Å². The molecule has 1 aromatic carbocycles. The molecule has 1 heterocycles. The fourth-order valence-corrected chi connectivity index (χ4v) is 3.85. The molecule has 2 aromatic rings. The third-order valence-electron chi connectivity index (χ3n) is 3.84. The summed E-state index contributed by atoms with van der Waals surface area (Å²) in [4.78, 5) is 15.3. The number of methoxy groups -OCH3 is 1. The molecule has 1 aromatic heterocycles. The Hall–Kier alpha value is -2.01. The van der Waals surface area contributed by atoms with Crippen LogP contribution in [0.4, 0.5) is 5.00 Å². The molecule has 1 amide bonds. The lowest BCUT2D eigenvalue weighted by atomic mass is 9.87. The molecular formula is C16H18N2O2S. The summed E-state index contributed by atoms with van der Waals surface area (Å²) in [6, 6.07) is 6.05. The van der Waals surface area contributed by atoms with Gasteiger partial charge < -0.3 is 15.4 Å². The minimum absolute atomic E-state index is 0.0410. The summed E-state index contributed by atoms with van der Waals surface area (Å²) in [5.74, 6) is 0.760. The number of rotatable bonds is 2. The van der Waals surface area contributed by atoms with Crippen LogP contribution in [0.1, 0.15) is 20.8 Å². The van der Waals surface area contributed by atoms with Crippen molar-refractivity contribution in [1.29, 1.82) is 0 Å². The van der Waals surface area contributed by atoms with Gasteiger partial charge in [0.05, 0.1) is 17.7 Å². The lowest BCUT2D eigenvalue weighted by Gasteiger charge is -2.19. The fourth-order valence-electron chi connectivity index (χ4n) is 2.78. The Bertz CT molecular complexity index is 719. The number of carbonyl (C=O) groups is 1. The van der Waals surface area contributed by atoms with Crippen molar-refractivity contribution in [2.24, 2.45) is 0 Å². The first-order valence-corrected chi connectivity index (χ1v) is 7.64. The Labute approximate surface area is 128 Å². The molecule has 110 valence electrons. The molecule has 0 radical (unpaired) electrons. The summed E-state index contributed by atoms with van der Waals surface area (Å²) >= 11 is 1.53. The SMILES string of the molecule is COc1ccc2c(c1)-c1c(sc(N)c1C(=O)N(C)C)CC2. The van der Waals surface area contributed by atoms with E-state index in [4.69, 9.17) is 10.5 Å². The van der Waals surface area contributed by atoms with Crippen molar-refractivity contribution in [1.82, 2.24) is 4.90 Å². The molecule has 1 aliphatic rings. The molecule has 0 aliphatic heterocycles. The quantitative estimate of drug-likeness (QED) is 0.928. The molecule has 1 aliphatic carbocycles. The van der Waals surface area contributed by atoms with E-state index in [-0.39, 0.29) is 5.91 Å². The number of carbonyl (C=O) groups excluding carboxylic acids is 1. The highest BCUT2D eigenvalue weighted by Gasteiger charge is 2.28. The third kappa shape index (κ3) is 2.17. The van der Waals surface area contributed by atoms with Crippen LogP contribution in [0.15, 0.2) is 18.2 Å². The number of fused-ring (bicyclic) bond motifs is 3. The first kappa shape index (κ1) is 13.9. The smallest absolute Gasteiger partial charge is 0.256 e. The fraction of sp³-hybridized carbons (Fsp3) is 0.312. The number of ether oxygens (including phenoxy) is 1. The number of aryl methyl sites for hydroxylation is 2. The molecule has 0 fully saturated rings. The van der Waals surface area contributed by atoms with Gasteiger partial charge in [-0.2, -0.15) is 0 Å². The van der Waals surface area contributed by atoms with Gasteiger partial charge in [-0.15, -0.1) is 11.3 Å². The van der Waals surface area contributed by atoms with Crippen molar-refractivity contribution >= 4 is 22.2 Å². The third-order valence-corrected chi connectivity index (χ3v) is 4.91. The first-order valence-electron chi connectivity index (χ1n) is 6.83. The van der Waals surface area contributed by atoms with E-state index in [1.165, 1.54) is 21.8 Å². The normalized spacial score (nSPS) is 12.5. The maximum atomic E-state index is 12.5. The van der Waals surface area contributed by atoms with E-state index >= 15 is 0 Å². The van der Waals surface area contributed by atoms with Gasteiger partial charge in [-0.05, 0) is 36.1 Å². The number of hydrogen-bond donors (Lipinski definition) is 1. The van der Waals surface area contributed by atoms with Crippen LogP contribution in [0, 0.1) is 0 Å². The second-order valence-electron chi connectivity index (χ2n) is 5.36. The lowest BCUT2D eigenvalue weighted by molar-refractivity contribution is 0.0829. The second kappa shape index (κ2) is 5.07. The predicted octanol–water partition coefficient (Wildman–Crippen LogP) is 2.81. The van der Waals surface area contributed by atoms with Crippen molar-refractivity contribution in [3.05, 3.63) is 34.2 Å². The van der Waals surface area contributed by atoms with Gasteiger partial charge in [-0.3, -0.25) is 4.79 Å². The van der Waals surface area contributed by atoms with Crippen LogP contribution >= 0.6 is 11.3 Å². The van der Waals surface area contributed by atoms with Gasteiger partial charge in [0.25, 0.3) is 5.91 Å². The number of nitrogen functional groups attached to an aromatic ring is 1. The Kier molecular flexibility index (Phi) is 3.37. The molecule has 3 rings (SSSR count). The van der Waals surface area contributed by atoms with E-state index in [0.29, 0.717) is 10.6 Å². The zero-order valence-corrected chi connectivity index (χ0v) is 13.2. The molecule has 4 nitrogen and oxygen atoms in total.